The molecule has 0 atom stereocenters. The highest BCUT2D eigenvalue weighted by Gasteiger charge is 2.08. The highest BCUT2D eigenvalue weighted by atomic mass is 16.3. The average Bonchev–Trinajstić information content (AvgIpc) is 2.57. The molecule has 1 heterocycles. The van der Waals surface area contributed by atoms with E-state index in [0.717, 1.165) is 17.8 Å². The van der Waals surface area contributed by atoms with Gasteiger partial charge in [-0.15, -0.1) is 0 Å². The van der Waals surface area contributed by atoms with Crippen LogP contribution in [0.15, 0.2) is 30.3 Å². The van der Waals surface area contributed by atoms with Gasteiger partial charge in [0.2, 0.25) is 0 Å². The van der Waals surface area contributed by atoms with Gasteiger partial charge in [-0.2, -0.15) is 0 Å². The largest absolute Gasteiger partial charge is 0.507 e. The van der Waals surface area contributed by atoms with Crippen molar-refractivity contribution in [3.8, 4) is 5.75 Å². The topological polar surface area (TPSA) is 44.3 Å². The van der Waals surface area contributed by atoms with Crippen LogP contribution in [0.2, 0.25) is 0 Å². The van der Waals surface area contributed by atoms with Gasteiger partial charge in [0.25, 0.3) is 0 Å². The molecule has 1 aromatic carbocycles. The maximum absolute atomic E-state index is 9.46. The third-order valence-electron chi connectivity index (χ3n) is 1.83. The number of phenols is 1. The predicted octanol–water partition coefficient (Wildman–Crippen LogP) is 0.841. The molecule has 0 bridgehead atoms. The molecule has 3 N–H and O–H groups in total. The van der Waals surface area contributed by atoms with E-state index in [0.29, 0.717) is 5.75 Å². The Labute approximate surface area is 70.7 Å². The molecule has 0 radical (unpaired) electrons. The molecule has 0 aromatic heterocycles. The summed E-state index contributed by atoms with van der Waals surface area (Å²) < 4.78 is 0. The monoisotopic (exact) mass is 162 g/mol. The Bertz CT molecular complexity index is 320. The molecule has 0 fully saturated rings. The van der Waals surface area contributed by atoms with Crippen molar-refractivity contribution in [1.82, 2.24) is 10.9 Å². The van der Waals surface area contributed by atoms with E-state index in [1.165, 1.54) is 0 Å². The second kappa shape index (κ2) is 2.87. The van der Waals surface area contributed by atoms with Crippen molar-refractivity contribution >= 4 is 5.70 Å². The minimum atomic E-state index is 0.306. The van der Waals surface area contributed by atoms with Crippen molar-refractivity contribution in [1.29, 1.82) is 0 Å². The number of hydrazine groups is 1. The summed E-state index contributed by atoms with van der Waals surface area (Å²) in [5.41, 5.74) is 7.68. The summed E-state index contributed by atoms with van der Waals surface area (Å²) in [4.78, 5) is 0. The van der Waals surface area contributed by atoms with Crippen molar-refractivity contribution in [3.63, 3.8) is 0 Å². The average molecular weight is 162 g/mol. The molecule has 3 nitrogen and oxygen atoms in total. The van der Waals surface area contributed by atoms with Crippen LogP contribution >= 0.6 is 0 Å². The second-order valence-electron chi connectivity index (χ2n) is 2.64. The van der Waals surface area contributed by atoms with Crippen LogP contribution in [-0.2, 0) is 0 Å². The van der Waals surface area contributed by atoms with Crippen LogP contribution < -0.4 is 10.9 Å². The first-order valence-corrected chi connectivity index (χ1v) is 3.85. The van der Waals surface area contributed by atoms with Crippen LogP contribution in [-0.4, -0.2) is 11.7 Å². The summed E-state index contributed by atoms with van der Waals surface area (Å²) in [7, 11) is 0. The first kappa shape index (κ1) is 7.18. The normalized spacial score (nSPS) is 15.5. The van der Waals surface area contributed by atoms with Crippen LogP contribution in [0.1, 0.15) is 5.56 Å². The smallest absolute Gasteiger partial charge is 0.124 e. The van der Waals surface area contributed by atoms with Gasteiger partial charge in [0.05, 0.1) is 5.70 Å². The summed E-state index contributed by atoms with van der Waals surface area (Å²) in [6.07, 6.45) is 2.00. The number of rotatable bonds is 1. The van der Waals surface area contributed by atoms with E-state index < -0.39 is 0 Å². The Morgan fingerprint density at radius 3 is 2.75 bits per heavy atom. The lowest BCUT2D eigenvalue weighted by molar-refractivity contribution is 0.473. The van der Waals surface area contributed by atoms with Gasteiger partial charge in [-0.05, 0) is 18.2 Å². The molecule has 0 aliphatic carbocycles. The molecule has 62 valence electrons. The molecule has 0 spiro atoms. The fourth-order valence-corrected chi connectivity index (χ4v) is 1.23. The number of phenolic OH excluding ortho intramolecular Hbond substituents is 1. The van der Waals surface area contributed by atoms with Gasteiger partial charge in [0.15, 0.2) is 0 Å². The molecule has 12 heavy (non-hydrogen) atoms. The van der Waals surface area contributed by atoms with Gasteiger partial charge in [-0.3, -0.25) is 0 Å². The van der Waals surface area contributed by atoms with Crippen LogP contribution in [0.4, 0.5) is 0 Å². The minimum Gasteiger partial charge on any atom is -0.507 e. The highest BCUT2D eigenvalue weighted by molar-refractivity contribution is 5.69. The number of hydrogen-bond donors (Lipinski definition) is 3. The van der Waals surface area contributed by atoms with Gasteiger partial charge in [-0.1, -0.05) is 12.1 Å². The summed E-state index contributed by atoms with van der Waals surface area (Å²) in [5, 5.41) is 9.46. The number of aromatic hydroxyl groups is 1. The zero-order chi connectivity index (χ0) is 8.39. The van der Waals surface area contributed by atoms with Gasteiger partial charge in [0.1, 0.15) is 5.75 Å². The molecule has 2 rings (SSSR count). The third-order valence-corrected chi connectivity index (χ3v) is 1.83. The standard InChI is InChI=1S/C9H10N2O/c12-9-4-2-1-3-7(9)8-5-6-10-11-8/h1-5,10-12H,6H2. The van der Waals surface area contributed by atoms with Crippen molar-refractivity contribution in [3.05, 3.63) is 35.9 Å². The number of para-hydroxylation sites is 1. The minimum absolute atomic E-state index is 0.306. The predicted molar refractivity (Wildman–Crippen MR) is 47.2 cm³/mol. The lowest BCUT2D eigenvalue weighted by Gasteiger charge is -2.05. The van der Waals surface area contributed by atoms with Crippen LogP contribution in [0.5, 0.6) is 5.75 Å². The van der Waals surface area contributed by atoms with Gasteiger partial charge >= 0.3 is 0 Å². The second-order valence-corrected chi connectivity index (χ2v) is 2.64. The zero-order valence-corrected chi connectivity index (χ0v) is 6.54. The van der Waals surface area contributed by atoms with E-state index in [2.05, 4.69) is 10.9 Å². The molecule has 0 saturated carbocycles. The molecule has 0 amide bonds. The molecule has 1 aliphatic rings. The Balaban J connectivity index is 2.39. The number of benzene rings is 1. The van der Waals surface area contributed by atoms with E-state index >= 15 is 0 Å². The SMILES string of the molecule is Oc1ccccc1C1=CCNN1. The molecule has 0 saturated heterocycles. The Morgan fingerprint density at radius 1 is 1.25 bits per heavy atom. The quantitative estimate of drug-likeness (QED) is 0.573. The molecular formula is C9H10N2O. The summed E-state index contributed by atoms with van der Waals surface area (Å²) in [5.74, 6) is 0.306. The first-order valence-electron chi connectivity index (χ1n) is 3.85. The molecule has 0 unspecified atom stereocenters. The van der Waals surface area contributed by atoms with Crippen molar-refractivity contribution in [2.75, 3.05) is 6.54 Å². The Morgan fingerprint density at radius 2 is 2.08 bits per heavy atom. The van der Waals surface area contributed by atoms with Crippen molar-refractivity contribution in [2.45, 2.75) is 0 Å². The van der Waals surface area contributed by atoms with E-state index in [4.69, 9.17) is 0 Å². The van der Waals surface area contributed by atoms with E-state index in [-0.39, 0.29) is 0 Å². The van der Waals surface area contributed by atoms with Crippen molar-refractivity contribution < 1.29 is 5.11 Å². The lowest BCUT2D eigenvalue weighted by Crippen LogP contribution is -2.22. The molecule has 1 aliphatic heterocycles. The maximum Gasteiger partial charge on any atom is 0.124 e. The first-order chi connectivity index (χ1) is 5.88. The summed E-state index contributed by atoms with van der Waals surface area (Å²) >= 11 is 0. The number of nitrogens with one attached hydrogen (secondary N) is 2. The van der Waals surface area contributed by atoms with E-state index in [1.54, 1.807) is 6.07 Å². The lowest BCUT2D eigenvalue weighted by atomic mass is 10.1. The maximum atomic E-state index is 9.46. The van der Waals surface area contributed by atoms with E-state index in [9.17, 15) is 5.11 Å². The van der Waals surface area contributed by atoms with Gasteiger partial charge in [0, 0.05) is 12.1 Å². The molecular weight excluding hydrogens is 152 g/mol. The fourth-order valence-electron chi connectivity index (χ4n) is 1.23. The zero-order valence-electron chi connectivity index (χ0n) is 6.54. The molecule has 1 aromatic rings. The summed E-state index contributed by atoms with van der Waals surface area (Å²) in [6.45, 7) is 0.795. The van der Waals surface area contributed by atoms with E-state index in [1.807, 2.05) is 24.3 Å². The summed E-state index contributed by atoms with van der Waals surface area (Å²) in [6, 6.07) is 7.26. The highest BCUT2D eigenvalue weighted by Crippen LogP contribution is 2.22. The fraction of sp³-hybridized carbons (Fsp3) is 0.111. The van der Waals surface area contributed by atoms with Gasteiger partial charge in [-0.25, -0.2) is 5.43 Å². The molecule has 3 heteroatoms. The van der Waals surface area contributed by atoms with Crippen LogP contribution in [0, 0.1) is 0 Å². The van der Waals surface area contributed by atoms with Crippen LogP contribution in [0.3, 0.4) is 0 Å². The van der Waals surface area contributed by atoms with Crippen LogP contribution in [0.25, 0.3) is 5.70 Å². The number of hydrogen-bond acceptors (Lipinski definition) is 3. The van der Waals surface area contributed by atoms with Gasteiger partial charge < -0.3 is 10.5 Å². The Hall–Kier alpha value is -1.48. The third kappa shape index (κ3) is 1.14. The van der Waals surface area contributed by atoms with Crippen molar-refractivity contribution in [2.24, 2.45) is 0 Å². The Kier molecular flexibility index (Phi) is 1.72.